The molecular formula is C9H7O2. The van der Waals surface area contributed by atoms with Gasteiger partial charge in [-0.3, -0.25) is 4.79 Å². The summed E-state index contributed by atoms with van der Waals surface area (Å²) in [6.07, 6.45) is 2.12. The highest BCUT2D eigenvalue weighted by Crippen LogP contribution is 2.26. The molecule has 1 atom stereocenters. The van der Waals surface area contributed by atoms with E-state index >= 15 is 0 Å². The minimum Gasteiger partial charge on any atom is -0.482 e. The summed E-state index contributed by atoms with van der Waals surface area (Å²) in [5.41, 5.74) is 1.10. The highest BCUT2D eigenvalue weighted by atomic mass is 16.5. The molecule has 0 amide bonds. The first-order chi connectivity index (χ1) is 5.40. The first kappa shape index (κ1) is 6.40. The lowest BCUT2D eigenvalue weighted by molar-refractivity contribution is 0.292. The summed E-state index contributed by atoms with van der Waals surface area (Å²) in [7, 11) is 0. The Kier molecular flexibility index (Phi) is 1.39. The van der Waals surface area contributed by atoms with Gasteiger partial charge in [0.05, 0.1) is 0 Å². The van der Waals surface area contributed by atoms with Crippen molar-refractivity contribution in [3.05, 3.63) is 29.8 Å². The van der Waals surface area contributed by atoms with Crippen LogP contribution in [0, 0.1) is 0 Å². The lowest BCUT2D eigenvalue weighted by atomic mass is 10.1. The zero-order valence-corrected chi connectivity index (χ0v) is 5.91. The van der Waals surface area contributed by atoms with E-state index in [1.165, 1.54) is 0 Å². The van der Waals surface area contributed by atoms with Gasteiger partial charge in [0.1, 0.15) is 5.75 Å². The molecule has 55 valence electrons. The number of hydrogen-bond acceptors (Lipinski definition) is 2. The van der Waals surface area contributed by atoms with Crippen molar-refractivity contribution in [3.8, 4) is 5.75 Å². The van der Waals surface area contributed by atoms with E-state index in [0.717, 1.165) is 11.3 Å². The van der Waals surface area contributed by atoms with Crippen molar-refractivity contribution in [1.82, 2.24) is 0 Å². The zero-order chi connectivity index (χ0) is 7.68. The molecule has 0 fully saturated rings. The summed E-state index contributed by atoms with van der Waals surface area (Å²) in [5, 5.41) is 0. The number of carbonyl (C=O) groups excluding carboxylic acids is 1. The van der Waals surface area contributed by atoms with Crippen LogP contribution in [-0.2, 0) is 11.2 Å². The minimum atomic E-state index is -0.382. The lowest BCUT2D eigenvalue weighted by Crippen LogP contribution is -2.13. The Bertz CT molecular complexity index is 256. The average Bonchev–Trinajstić information content (AvgIpc) is 2.46. The molecule has 0 saturated heterocycles. The third-order valence-corrected chi connectivity index (χ3v) is 1.78. The molecule has 0 spiro atoms. The van der Waals surface area contributed by atoms with E-state index in [1.54, 1.807) is 0 Å². The Morgan fingerprint density at radius 2 is 2.27 bits per heavy atom. The molecule has 0 aromatic heterocycles. The fourth-order valence-corrected chi connectivity index (χ4v) is 1.25. The summed E-state index contributed by atoms with van der Waals surface area (Å²) in [6, 6.07) is 7.67. The SMILES string of the molecule is O=[C]C1Cc2ccccc2O1. The van der Waals surface area contributed by atoms with E-state index in [4.69, 9.17) is 4.74 Å². The van der Waals surface area contributed by atoms with Crippen LogP contribution in [0.5, 0.6) is 5.75 Å². The maximum absolute atomic E-state index is 10.2. The fraction of sp³-hybridized carbons (Fsp3) is 0.222. The predicted octanol–water partition coefficient (Wildman–Crippen LogP) is 1.10. The molecule has 2 heteroatoms. The van der Waals surface area contributed by atoms with Crippen LogP contribution in [-0.4, -0.2) is 12.4 Å². The summed E-state index contributed by atoms with van der Waals surface area (Å²) >= 11 is 0. The van der Waals surface area contributed by atoms with Gasteiger partial charge in [-0.1, -0.05) is 18.2 Å². The summed E-state index contributed by atoms with van der Waals surface area (Å²) < 4.78 is 5.23. The van der Waals surface area contributed by atoms with Gasteiger partial charge in [0.2, 0.25) is 6.29 Å². The largest absolute Gasteiger partial charge is 0.482 e. The Morgan fingerprint density at radius 1 is 1.45 bits per heavy atom. The lowest BCUT2D eigenvalue weighted by Gasteiger charge is -1.98. The average molecular weight is 147 g/mol. The molecule has 1 heterocycles. The highest BCUT2D eigenvalue weighted by molar-refractivity contribution is 5.61. The molecule has 1 aromatic carbocycles. The molecule has 0 saturated carbocycles. The van der Waals surface area contributed by atoms with Crippen LogP contribution in [0.3, 0.4) is 0 Å². The monoisotopic (exact) mass is 147 g/mol. The summed E-state index contributed by atoms with van der Waals surface area (Å²) in [4.78, 5) is 10.2. The molecule has 1 aliphatic rings. The zero-order valence-electron chi connectivity index (χ0n) is 5.91. The Balaban J connectivity index is 2.33. The van der Waals surface area contributed by atoms with E-state index in [0.29, 0.717) is 6.42 Å². The molecule has 1 unspecified atom stereocenters. The second-order valence-electron chi connectivity index (χ2n) is 2.54. The van der Waals surface area contributed by atoms with E-state index in [2.05, 4.69) is 0 Å². The quantitative estimate of drug-likeness (QED) is 0.594. The van der Waals surface area contributed by atoms with Crippen LogP contribution in [0.25, 0.3) is 0 Å². The third kappa shape index (κ3) is 1.00. The highest BCUT2D eigenvalue weighted by Gasteiger charge is 2.21. The third-order valence-electron chi connectivity index (χ3n) is 1.78. The molecule has 11 heavy (non-hydrogen) atoms. The van der Waals surface area contributed by atoms with Crippen LogP contribution in [0.2, 0.25) is 0 Å². The van der Waals surface area contributed by atoms with Crippen LogP contribution >= 0.6 is 0 Å². The number of hydrogen-bond donors (Lipinski definition) is 0. The van der Waals surface area contributed by atoms with Crippen molar-refractivity contribution in [2.45, 2.75) is 12.5 Å². The number of rotatable bonds is 1. The minimum absolute atomic E-state index is 0.382. The van der Waals surface area contributed by atoms with Gasteiger partial charge >= 0.3 is 0 Å². The fourth-order valence-electron chi connectivity index (χ4n) is 1.25. The normalized spacial score (nSPS) is 20.5. The van der Waals surface area contributed by atoms with E-state index in [1.807, 2.05) is 30.6 Å². The number of para-hydroxylation sites is 1. The topological polar surface area (TPSA) is 26.3 Å². The molecule has 2 rings (SSSR count). The van der Waals surface area contributed by atoms with E-state index < -0.39 is 0 Å². The molecule has 0 aliphatic carbocycles. The number of benzene rings is 1. The molecule has 1 aliphatic heterocycles. The van der Waals surface area contributed by atoms with Crippen LogP contribution in [0.1, 0.15) is 5.56 Å². The van der Waals surface area contributed by atoms with Crippen molar-refractivity contribution >= 4 is 6.29 Å². The van der Waals surface area contributed by atoms with Crippen LogP contribution in [0.4, 0.5) is 0 Å². The summed E-state index contributed by atoms with van der Waals surface area (Å²) in [6.45, 7) is 0. The van der Waals surface area contributed by atoms with Crippen LogP contribution < -0.4 is 4.74 Å². The van der Waals surface area contributed by atoms with Gasteiger partial charge in [0.25, 0.3) is 0 Å². The second-order valence-corrected chi connectivity index (χ2v) is 2.54. The van der Waals surface area contributed by atoms with Gasteiger partial charge in [-0.15, -0.1) is 0 Å². The smallest absolute Gasteiger partial charge is 0.243 e. The Hall–Kier alpha value is -1.31. The van der Waals surface area contributed by atoms with E-state index in [-0.39, 0.29) is 6.10 Å². The van der Waals surface area contributed by atoms with Crippen molar-refractivity contribution in [3.63, 3.8) is 0 Å². The van der Waals surface area contributed by atoms with Gasteiger partial charge in [-0.25, -0.2) is 0 Å². The molecule has 0 N–H and O–H groups in total. The molecule has 1 aromatic rings. The molecule has 0 bridgehead atoms. The van der Waals surface area contributed by atoms with Crippen LogP contribution in [0.15, 0.2) is 24.3 Å². The standard InChI is InChI=1S/C9H7O2/c10-6-8-5-7-3-1-2-4-9(7)11-8/h1-4,8H,5H2. The second kappa shape index (κ2) is 2.38. The van der Waals surface area contributed by atoms with Gasteiger partial charge in [-0.2, -0.15) is 0 Å². The van der Waals surface area contributed by atoms with Crippen molar-refractivity contribution < 1.29 is 9.53 Å². The first-order valence-electron chi connectivity index (χ1n) is 3.52. The van der Waals surface area contributed by atoms with Crippen molar-refractivity contribution in [1.29, 1.82) is 0 Å². The van der Waals surface area contributed by atoms with Gasteiger partial charge in [0.15, 0.2) is 6.10 Å². The Labute approximate surface area is 64.8 Å². The maximum Gasteiger partial charge on any atom is 0.243 e. The maximum atomic E-state index is 10.2. The number of fused-ring (bicyclic) bond motifs is 1. The summed E-state index contributed by atoms with van der Waals surface area (Å²) in [5.74, 6) is 0.820. The first-order valence-corrected chi connectivity index (χ1v) is 3.52. The Morgan fingerprint density at radius 3 is 3.00 bits per heavy atom. The van der Waals surface area contributed by atoms with Crippen molar-refractivity contribution in [2.24, 2.45) is 0 Å². The van der Waals surface area contributed by atoms with Crippen molar-refractivity contribution in [2.75, 3.05) is 0 Å². The molecule has 2 nitrogen and oxygen atoms in total. The molecule has 1 radical (unpaired) electrons. The van der Waals surface area contributed by atoms with E-state index in [9.17, 15) is 4.79 Å². The molecular weight excluding hydrogens is 140 g/mol. The van der Waals surface area contributed by atoms with Gasteiger partial charge in [-0.05, 0) is 11.6 Å². The van der Waals surface area contributed by atoms with Gasteiger partial charge < -0.3 is 4.74 Å². The van der Waals surface area contributed by atoms with Gasteiger partial charge in [0, 0.05) is 6.42 Å². The predicted molar refractivity (Wildman–Crippen MR) is 40.3 cm³/mol. The number of ether oxygens (including phenoxy) is 1.